The lowest BCUT2D eigenvalue weighted by atomic mass is 10.0. The molecular weight excluding hydrogens is 801 g/mol. The molecule has 0 spiro atoms. The number of fused-ring (bicyclic) bond motifs is 1. The molecule has 62 heavy (non-hydrogen) atoms. The SMILES string of the molecule is CNC(=O)c1nnc(NC(=O)C2CC2)cc1Nc1cccc(-c2ncn(CCNC(=O)CCCCCCCNc3cccc4c3C(=O)N(C3CCC(=O)NC3=O)C4=O)n2)c1OC. The zero-order valence-electron chi connectivity index (χ0n) is 34.4. The molecule has 2 fully saturated rings. The van der Waals surface area contributed by atoms with E-state index in [4.69, 9.17) is 4.74 Å². The minimum absolute atomic E-state index is 0.0232. The number of carbonyl (C=O) groups excluding carboxylic acids is 7. The van der Waals surface area contributed by atoms with Crippen molar-refractivity contribution in [3.05, 3.63) is 65.6 Å². The number of nitrogens with one attached hydrogen (secondary N) is 6. The number of imide groups is 2. The van der Waals surface area contributed by atoms with E-state index >= 15 is 0 Å². The molecule has 20 nitrogen and oxygen atoms in total. The Morgan fingerprint density at radius 3 is 2.39 bits per heavy atom. The van der Waals surface area contributed by atoms with Crippen LogP contribution in [-0.4, -0.2) is 105 Å². The Morgan fingerprint density at radius 2 is 1.63 bits per heavy atom. The molecule has 2 aliphatic heterocycles. The van der Waals surface area contributed by atoms with Crippen LogP contribution in [0.25, 0.3) is 11.4 Å². The summed E-state index contributed by atoms with van der Waals surface area (Å²) in [5.41, 5.74) is 2.40. The van der Waals surface area contributed by atoms with Crippen LogP contribution in [0.5, 0.6) is 5.75 Å². The van der Waals surface area contributed by atoms with Crippen molar-refractivity contribution in [3.63, 3.8) is 0 Å². The molecule has 6 N–H and O–H groups in total. The second-order valence-electron chi connectivity index (χ2n) is 15.1. The summed E-state index contributed by atoms with van der Waals surface area (Å²) in [5, 5.41) is 29.6. The van der Waals surface area contributed by atoms with Crippen LogP contribution < -0.4 is 36.6 Å². The summed E-state index contributed by atoms with van der Waals surface area (Å²) in [6.07, 6.45) is 7.98. The second kappa shape index (κ2) is 19.4. The quantitative estimate of drug-likeness (QED) is 0.0552. The zero-order chi connectivity index (χ0) is 43.8. The molecule has 1 saturated carbocycles. The highest BCUT2D eigenvalue weighted by Crippen LogP contribution is 2.38. The van der Waals surface area contributed by atoms with Gasteiger partial charge in [-0.1, -0.05) is 31.4 Å². The topological polar surface area (TPSA) is 261 Å². The molecule has 0 bridgehead atoms. The molecule has 0 radical (unpaired) electrons. The van der Waals surface area contributed by atoms with E-state index in [1.807, 2.05) is 0 Å². The lowest BCUT2D eigenvalue weighted by molar-refractivity contribution is -0.136. The first-order chi connectivity index (χ1) is 30.1. The van der Waals surface area contributed by atoms with Gasteiger partial charge in [0.25, 0.3) is 17.7 Å². The van der Waals surface area contributed by atoms with Gasteiger partial charge in [0.2, 0.25) is 23.6 Å². The number of carbonyl (C=O) groups is 7. The van der Waals surface area contributed by atoms with Crippen molar-refractivity contribution in [2.75, 3.05) is 43.2 Å². The molecule has 20 heteroatoms. The van der Waals surface area contributed by atoms with E-state index in [-0.39, 0.29) is 53.2 Å². The van der Waals surface area contributed by atoms with Gasteiger partial charge in [-0.15, -0.1) is 10.2 Å². The standard InChI is InChI=1S/C42H48N12O8/c1-43-40(59)35-29(22-31(50-51-35)48-38(57)24-15-16-24)47-28-13-9-11-26(36(28)62-2)37-46-23-53(52-37)21-20-45-32(55)14-6-4-3-5-7-19-44-27-12-8-10-25-34(27)42(61)54(41(25)60)30-17-18-33(56)49-39(30)58/h8-13,22-24,30,44H,3-7,14-21H2,1-2H3,(H,43,59)(H,45,55)(H,49,56,58)(H2,47,48,50,57). The molecule has 324 valence electrons. The van der Waals surface area contributed by atoms with Crippen molar-refractivity contribution in [1.82, 2.24) is 45.8 Å². The van der Waals surface area contributed by atoms with E-state index < -0.39 is 35.6 Å². The molecule has 4 heterocycles. The molecule has 1 unspecified atom stereocenters. The highest BCUT2D eigenvalue weighted by molar-refractivity contribution is 6.25. The lowest BCUT2D eigenvalue weighted by Crippen LogP contribution is -2.54. The van der Waals surface area contributed by atoms with Gasteiger partial charge in [-0.05, 0) is 56.4 Å². The Hall–Kier alpha value is -7.25. The third-order valence-electron chi connectivity index (χ3n) is 10.7. The number of anilines is 4. The Bertz CT molecular complexity index is 2400. The Labute approximate surface area is 356 Å². The van der Waals surface area contributed by atoms with Crippen LogP contribution in [0.3, 0.4) is 0 Å². The van der Waals surface area contributed by atoms with Crippen LogP contribution in [0, 0.1) is 5.92 Å². The van der Waals surface area contributed by atoms with E-state index in [1.165, 1.54) is 14.2 Å². The predicted molar refractivity (Wildman–Crippen MR) is 224 cm³/mol. The maximum Gasteiger partial charge on any atom is 0.273 e. The van der Waals surface area contributed by atoms with Gasteiger partial charge >= 0.3 is 0 Å². The van der Waals surface area contributed by atoms with Crippen molar-refractivity contribution in [2.45, 2.75) is 76.8 Å². The maximum absolute atomic E-state index is 13.3. The number of benzene rings is 2. The van der Waals surface area contributed by atoms with Crippen LogP contribution in [0.1, 0.15) is 95.4 Å². The van der Waals surface area contributed by atoms with Gasteiger partial charge in [0.15, 0.2) is 23.1 Å². The smallest absolute Gasteiger partial charge is 0.273 e. The highest BCUT2D eigenvalue weighted by Gasteiger charge is 2.45. The molecule has 7 rings (SSSR count). The molecule has 4 aromatic rings. The van der Waals surface area contributed by atoms with Crippen LogP contribution in [0.4, 0.5) is 22.9 Å². The number of methoxy groups -OCH3 is 1. The number of nitrogens with zero attached hydrogens (tertiary/aromatic N) is 6. The first-order valence-corrected chi connectivity index (χ1v) is 20.7. The fourth-order valence-electron chi connectivity index (χ4n) is 7.33. The van der Waals surface area contributed by atoms with E-state index in [2.05, 4.69) is 52.2 Å². The first kappa shape index (κ1) is 42.9. The maximum atomic E-state index is 13.3. The number of unbranched alkanes of at least 4 members (excludes halogenated alkanes) is 4. The third-order valence-corrected chi connectivity index (χ3v) is 10.7. The van der Waals surface area contributed by atoms with Crippen molar-refractivity contribution in [1.29, 1.82) is 0 Å². The number of rotatable bonds is 20. The molecule has 2 aromatic carbocycles. The number of piperidine rings is 1. The van der Waals surface area contributed by atoms with Crippen LogP contribution in [-0.2, 0) is 25.7 Å². The summed E-state index contributed by atoms with van der Waals surface area (Å²) in [4.78, 5) is 93.3. The van der Waals surface area contributed by atoms with Crippen molar-refractivity contribution in [3.8, 4) is 17.1 Å². The molecule has 2 aromatic heterocycles. The second-order valence-corrected chi connectivity index (χ2v) is 15.1. The molecule has 3 aliphatic rings. The third kappa shape index (κ3) is 9.85. The minimum atomic E-state index is -1.02. The fourth-order valence-corrected chi connectivity index (χ4v) is 7.33. The van der Waals surface area contributed by atoms with Crippen molar-refractivity contribution >= 4 is 64.2 Å². The molecule has 1 saturated heterocycles. The summed E-state index contributed by atoms with van der Waals surface area (Å²) in [6, 6.07) is 10.9. The van der Waals surface area contributed by atoms with Gasteiger partial charge in [-0.2, -0.15) is 5.10 Å². The lowest BCUT2D eigenvalue weighted by Gasteiger charge is -2.27. The first-order valence-electron chi connectivity index (χ1n) is 20.7. The van der Waals surface area contributed by atoms with Gasteiger partial charge in [0.1, 0.15) is 12.4 Å². The average molecular weight is 849 g/mol. The largest absolute Gasteiger partial charge is 0.494 e. The number of ether oxygens (including phenoxy) is 1. The van der Waals surface area contributed by atoms with E-state index in [0.29, 0.717) is 60.3 Å². The van der Waals surface area contributed by atoms with Gasteiger partial charge < -0.3 is 31.3 Å². The monoisotopic (exact) mass is 848 g/mol. The average Bonchev–Trinajstić information content (AvgIpc) is 3.97. The van der Waals surface area contributed by atoms with Crippen LogP contribution in [0.2, 0.25) is 0 Å². The molecule has 7 amide bonds. The van der Waals surface area contributed by atoms with Gasteiger partial charge in [0.05, 0.1) is 41.7 Å². The summed E-state index contributed by atoms with van der Waals surface area (Å²) < 4.78 is 7.39. The number of para-hydroxylation sites is 1. The van der Waals surface area contributed by atoms with Crippen molar-refractivity contribution < 1.29 is 38.3 Å². The van der Waals surface area contributed by atoms with E-state index in [0.717, 1.165) is 49.8 Å². The highest BCUT2D eigenvalue weighted by atomic mass is 16.5. The van der Waals surface area contributed by atoms with Crippen LogP contribution in [0.15, 0.2) is 48.8 Å². The number of amides is 7. The van der Waals surface area contributed by atoms with Gasteiger partial charge in [-0.3, -0.25) is 48.5 Å². The summed E-state index contributed by atoms with van der Waals surface area (Å²) >= 11 is 0. The van der Waals surface area contributed by atoms with Crippen molar-refractivity contribution in [2.24, 2.45) is 5.92 Å². The van der Waals surface area contributed by atoms with E-state index in [1.54, 1.807) is 53.5 Å². The zero-order valence-corrected chi connectivity index (χ0v) is 34.4. The minimum Gasteiger partial charge on any atom is -0.494 e. The Kier molecular flexibility index (Phi) is 13.4. The van der Waals surface area contributed by atoms with Crippen LogP contribution >= 0.6 is 0 Å². The number of aromatic nitrogens is 5. The Morgan fingerprint density at radius 1 is 0.871 bits per heavy atom. The number of hydrogen-bond acceptors (Lipinski definition) is 14. The predicted octanol–water partition coefficient (Wildman–Crippen LogP) is 3.17. The summed E-state index contributed by atoms with van der Waals surface area (Å²) in [7, 11) is 2.99. The molecule has 1 aliphatic carbocycles. The van der Waals surface area contributed by atoms with E-state index in [9.17, 15) is 33.6 Å². The normalized spacial score (nSPS) is 15.8. The molecule has 1 atom stereocenters. The van der Waals surface area contributed by atoms with Gasteiger partial charge in [0, 0.05) is 50.7 Å². The summed E-state index contributed by atoms with van der Waals surface area (Å²) in [6.45, 7) is 1.31. The fraction of sp³-hybridized carbons (Fsp3) is 0.405. The summed E-state index contributed by atoms with van der Waals surface area (Å²) in [5.74, 6) is -1.87. The Balaban J connectivity index is 0.826. The molecular formula is C42H48N12O8. The number of hydrogen-bond donors (Lipinski definition) is 6. The van der Waals surface area contributed by atoms with Gasteiger partial charge in [-0.25, -0.2) is 4.98 Å².